The number of nitrogens with one attached hydrogen (secondary N) is 3. The van der Waals surface area contributed by atoms with Crippen molar-refractivity contribution in [2.75, 3.05) is 25.9 Å². The predicted molar refractivity (Wildman–Crippen MR) is 90.5 cm³/mol. The Kier molecular flexibility index (Phi) is 6.40. The first kappa shape index (κ1) is 17.7. The van der Waals surface area contributed by atoms with Crippen molar-refractivity contribution in [1.82, 2.24) is 25.1 Å². The number of aliphatic imine (C=N–C) groups is 1. The number of rotatable bonds is 8. The third-order valence-corrected chi connectivity index (χ3v) is 5.41. The summed E-state index contributed by atoms with van der Waals surface area (Å²) in [6.45, 7) is 1.45. The van der Waals surface area contributed by atoms with E-state index in [0.29, 0.717) is 31.5 Å². The third kappa shape index (κ3) is 5.83. The summed E-state index contributed by atoms with van der Waals surface area (Å²) in [5.74, 6) is 1.12. The summed E-state index contributed by atoms with van der Waals surface area (Å²) in [6.07, 6.45) is 5.21. The minimum atomic E-state index is -3.23. The molecule has 9 heteroatoms. The van der Waals surface area contributed by atoms with Gasteiger partial charge in [-0.15, -0.1) is 0 Å². The highest BCUT2D eigenvalue weighted by Crippen LogP contribution is 2.25. The van der Waals surface area contributed by atoms with Crippen LogP contribution in [0.15, 0.2) is 17.3 Å². The second-order valence-corrected chi connectivity index (χ2v) is 7.69. The van der Waals surface area contributed by atoms with Gasteiger partial charge >= 0.3 is 0 Å². The maximum atomic E-state index is 11.9. The van der Waals surface area contributed by atoms with Gasteiger partial charge in [0.2, 0.25) is 10.0 Å². The Balaban J connectivity index is 1.67. The smallest absolute Gasteiger partial charge is 0.213 e. The van der Waals surface area contributed by atoms with Gasteiger partial charge in [-0.3, -0.25) is 9.67 Å². The van der Waals surface area contributed by atoms with Crippen LogP contribution in [0.5, 0.6) is 0 Å². The van der Waals surface area contributed by atoms with E-state index in [2.05, 4.69) is 25.4 Å². The van der Waals surface area contributed by atoms with Gasteiger partial charge < -0.3 is 10.6 Å². The number of aryl methyl sites for hydroxylation is 1. The van der Waals surface area contributed by atoms with E-state index >= 15 is 0 Å². The van der Waals surface area contributed by atoms with Crippen molar-refractivity contribution < 1.29 is 8.42 Å². The van der Waals surface area contributed by atoms with Gasteiger partial charge in [-0.2, -0.15) is 5.10 Å². The van der Waals surface area contributed by atoms with Crippen molar-refractivity contribution in [3.63, 3.8) is 0 Å². The molecule has 2 rings (SSSR count). The van der Waals surface area contributed by atoms with Crippen molar-refractivity contribution in [3.05, 3.63) is 18.0 Å². The third-order valence-electron chi connectivity index (χ3n) is 4.06. The summed E-state index contributed by atoms with van der Waals surface area (Å²) in [5.41, 5.74) is 1.02. The predicted octanol–water partition coefficient (Wildman–Crippen LogP) is -0.195. The van der Waals surface area contributed by atoms with Crippen molar-refractivity contribution in [3.8, 4) is 0 Å². The Morgan fingerprint density at radius 2 is 2.22 bits per heavy atom. The molecular formula is C14H26N6O2S. The Labute approximate surface area is 137 Å². The van der Waals surface area contributed by atoms with Crippen molar-refractivity contribution in [2.24, 2.45) is 18.0 Å². The average molecular weight is 342 g/mol. The molecule has 1 aromatic heterocycles. The van der Waals surface area contributed by atoms with E-state index in [1.54, 1.807) is 17.9 Å². The minimum Gasteiger partial charge on any atom is -0.355 e. The molecule has 1 saturated carbocycles. The summed E-state index contributed by atoms with van der Waals surface area (Å²) in [5, 5.41) is 10.2. The average Bonchev–Trinajstić information content (AvgIpc) is 2.86. The lowest BCUT2D eigenvalue weighted by molar-refractivity contribution is 0.316. The Hall–Kier alpha value is -1.61. The van der Waals surface area contributed by atoms with Crippen LogP contribution in [0.1, 0.15) is 25.0 Å². The molecule has 1 fully saturated rings. The summed E-state index contributed by atoms with van der Waals surface area (Å²) in [4.78, 5) is 4.08. The molecule has 3 N–H and O–H groups in total. The first-order valence-corrected chi connectivity index (χ1v) is 9.54. The van der Waals surface area contributed by atoms with Gasteiger partial charge in [0.15, 0.2) is 5.96 Å². The number of hydrogen-bond donors (Lipinski definition) is 3. The van der Waals surface area contributed by atoms with E-state index in [-0.39, 0.29) is 5.75 Å². The number of guanidine groups is 1. The van der Waals surface area contributed by atoms with Crippen LogP contribution < -0.4 is 15.4 Å². The fourth-order valence-corrected chi connectivity index (χ4v) is 3.29. The lowest BCUT2D eigenvalue weighted by atomic mass is 9.86. The Bertz CT molecular complexity index is 621. The molecule has 0 aromatic carbocycles. The molecule has 8 nitrogen and oxygen atoms in total. The molecule has 23 heavy (non-hydrogen) atoms. The van der Waals surface area contributed by atoms with Crippen LogP contribution in [0.2, 0.25) is 0 Å². The minimum absolute atomic E-state index is 0.0339. The van der Waals surface area contributed by atoms with Gasteiger partial charge in [0, 0.05) is 33.4 Å². The Morgan fingerprint density at radius 3 is 2.78 bits per heavy atom. The molecule has 1 aromatic rings. The van der Waals surface area contributed by atoms with E-state index in [1.165, 1.54) is 6.42 Å². The van der Waals surface area contributed by atoms with Crippen LogP contribution in [-0.2, 0) is 23.6 Å². The summed E-state index contributed by atoms with van der Waals surface area (Å²) >= 11 is 0. The highest BCUT2D eigenvalue weighted by molar-refractivity contribution is 7.89. The topological polar surface area (TPSA) is 100 Å². The highest BCUT2D eigenvalue weighted by atomic mass is 32.2. The molecule has 0 saturated heterocycles. The van der Waals surface area contributed by atoms with Gasteiger partial charge in [-0.1, -0.05) is 6.42 Å². The monoisotopic (exact) mass is 342 g/mol. The number of sulfonamides is 1. The normalized spacial score (nSPS) is 16.2. The molecule has 0 amide bonds. The standard InChI is InChI=1S/C14H26N6O2S/c1-15-14(17-11-13-6-7-18-20(13)2)16-8-9-23(21,22)19-10-12-4-3-5-12/h6-7,12,19H,3-5,8-11H2,1-2H3,(H2,15,16,17). The lowest BCUT2D eigenvalue weighted by Crippen LogP contribution is -2.41. The zero-order chi connectivity index (χ0) is 16.7. The quantitative estimate of drug-likeness (QED) is 0.449. The second kappa shape index (κ2) is 8.30. The molecule has 0 unspecified atom stereocenters. The van der Waals surface area contributed by atoms with Gasteiger partial charge in [-0.25, -0.2) is 13.1 Å². The van der Waals surface area contributed by atoms with Crippen LogP contribution in [0, 0.1) is 5.92 Å². The zero-order valence-corrected chi connectivity index (χ0v) is 14.6. The van der Waals surface area contributed by atoms with Crippen molar-refractivity contribution in [2.45, 2.75) is 25.8 Å². The highest BCUT2D eigenvalue weighted by Gasteiger charge is 2.20. The summed E-state index contributed by atoms with van der Waals surface area (Å²) in [7, 11) is 0.292. The number of nitrogens with zero attached hydrogens (tertiary/aromatic N) is 3. The van der Waals surface area contributed by atoms with Gasteiger partial charge in [0.25, 0.3) is 0 Å². The van der Waals surface area contributed by atoms with E-state index in [1.807, 2.05) is 13.1 Å². The van der Waals surface area contributed by atoms with E-state index in [9.17, 15) is 8.42 Å². The number of aromatic nitrogens is 2. The van der Waals surface area contributed by atoms with Crippen LogP contribution >= 0.6 is 0 Å². The van der Waals surface area contributed by atoms with Gasteiger partial charge in [-0.05, 0) is 24.8 Å². The number of hydrogen-bond acceptors (Lipinski definition) is 4. The fourth-order valence-electron chi connectivity index (χ4n) is 2.29. The molecule has 0 radical (unpaired) electrons. The summed E-state index contributed by atoms with van der Waals surface area (Å²) in [6, 6.07) is 1.91. The molecule has 1 aliphatic rings. The first-order valence-electron chi connectivity index (χ1n) is 7.89. The molecule has 1 aliphatic carbocycles. The van der Waals surface area contributed by atoms with Gasteiger partial charge in [0.05, 0.1) is 18.0 Å². The first-order chi connectivity index (χ1) is 11.0. The molecular weight excluding hydrogens is 316 g/mol. The van der Waals surface area contributed by atoms with Crippen molar-refractivity contribution in [1.29, 1.82) is 0 Å². The molecule has 0 bridgehead atoms. The van der Waals surface area contributed by atoms with Crippen LogP contribution in [0.3, 0.4) is 0 Å². The van der Waals surface area contributed by atoms with E-state index in [0.717, 1.165) is 18.5 Å². The van der Waals surface area contributed by atoms with E-state index in [4.69, 9.17) is 0 Å². The largest absolute Gasteiger partial charge is 0.355 e. The maximum absolute atomic E-state index is 11.9. The fraction of sp³-hybridized carbons (Fsp3) is 0.714. The SMILES string of the molecule is CN=C(NCCS(=O)(=O)NCC1CCC1)NCc1ccnn1C. The van der Waals surface area contributed by atoms with Crippen LogP contribution in [0.25, 0.3) is 0 Å². The van der Waals surface area contributed by atoms with Gasteiger partial charge in [0.1, 0.15) is 0 Å². The molecule has 0 spiro atoms. The molecule has 0 atom stereocenters. The Morgan fingerprint density at radius 1 is 1.43 bits per heavy atom. The molecule has 0 aliphatic heterocycles. The lowest BCUT2D eigenvalue weighted by Gasteiger charge is -2.25. The summed E-state index contributed by atoms with van der Waals surface area (Å²) < 4.78 is 28.3. The zero-order valence-electron chi connectivity index (χ0n) is 13.7. The molecule has 130 valence electrons. The van der Waals surface area contributed by atoms with Crippen LogP contribution in [0.4, 0.5) is 0 Å². The second-order valence-electron chi connectivity index (χ2n) is 5.76. The van der Waals surface area contributed by atoms with E-state index < -0.39 is 10.0 Å². The maximum Gasteiger partial charge on any atom is 0.213 e. The van der Waals surface area contributed by atoms with Crippen LogP contribution in [-0.4, -0.2) is 50.0 Å². The molecule has 1 heterocycles. The van der Waals surface area contributed by atoms with Crippen molar-refractivity contribution >= 4 is 16.0 Å².